The van der Waals surface area contributed by atoms with E-state index in [0.29, 0.717) is 5.57 Å². The van der Waals surface area contributed by atoms with Gasteiger partial charge >= 0.3 is 0 Å². The molecule has 2 aliphatic rings. The summed E-state index contributed by atoms with van der Waals surface area (Å²) in [6.07, 6.45) is 3.53. The number of pyridine rings is 1. The predicted octanol–water partition coefficient (Wildman–Crippen LogP) is 3.99. The molecule has 0 unspecified atom stereocenters. The summed E-state index contributed by atoms with van der Waals surface area (Å²) in [6, 6.07) is 20.1. The Morgan fingerprint density at radius 3 is 2.60 bits per heavy atom. The zero-order valence-corrected chi connectivity index (χ0v) is 16.5. The lowest BCUT2D eigenvalue weighted by Crippen LogP contribution is -2.36. The fourth-order valence-corrected chi connectivity index (χ4v) is 3.75. The molecule has 1 aromatic heterocycles. The third-order valence-corrected chi connectivity index (χ3v) is 5.38. The maximum atomic E-state index is 12.5. The van der Waals surface area contributed by atoms with Crippen molar-refractivity contribution >= 4 is 28.7 Å². The molecule has 150 valence electrons. The van der Waals surface area contributed by atoms with Crippen LogP contribution in [0.25, 0.3) is 16.7 Å². The maximum absolute atomic E-state index is 12.5. The van der Waals surface area contributed by atoms with Gasteiger partial charge in [0.15, 0.2) is 0 Å². The van der Waals surface area contributed by atoms with Gasteiger partial charge in [0, 0.05) is 30.5 Å². The van der Waals surface area contributed by atoms with Crippen LogP contribution in [-0.2, 0) is 9.53 Å². The lowest BCUT2D eigenvalue weighted by atomic mass is 10.0. The predicted molar refractivity (Wildman–Crippen MR) is 119 cm³/mol. The number of fused-ring (bicyclic) bond motifs is 1. The van der Waals surface area contributed by atoms with Crippen LogP contribution in [0.5, 0.6) is 0 Å². The number of aromatic nitrogens is 1. The molecule has 2 N–H and O–H groups in total. The molecule has 0 spiro atoms. The van der Waals surface area contributed by atoms with Gasteiger partial charge in [-0.25, -0.2) is 4.98 Å². The first kappa shape index (κ1) is 18.4. The second-order valence-corrected chi connectivity index (χ2v) is 7.29. The average Bonchev–Trinajstić information content (AvgIpc) is 3.13. The standard InChI is InChI=1S/C24H22N4O2/c29-24-21(16-25-19-7-9-23(26-15-19)28-10-12-30-13-11-28)20-8-6-18(14-22(20)27-24)17-4-2-1-3-5-17/h1-9,14-16,25H,10-13H2,(H,27,29). The third-order valence-electron chi connectivity index (χ3n) is 5.38. The Kier molecular flexibility index (Phi) is 4.91. The number of ether oxygens (including phenoxy) is 1. The molecule has 2 aliphatic heterocycles. The highest BCUT2D eigenvalue weighted by molar-refractivity contribution is 6.31. The van der Waals surface area contributed by atoms with E-state index >= 15 is 0 Å². The first-order chi connectivity index (χ1) is 14.8. The van der Waals surface area contributed by atoms with Crippen LogP contribution in [0.4, 0.5) is 17.2 Å². The number of morpholine rings is 1. The van der Waals surface area contributed by atoms with Crippen LogP contribution in [0.1, 0.15) is 5.56 Å². The van der Waals surface area contributed by atoms with Crippen molar-refractivity contribution in [3.8, 4) is 11.1 Å². The highest BCUT2D eigenvalue weighted by atomic mass is 16.5. The van der Waals surface area contributed by atoms with E-state index in [1.165, 1.54) is 0 Å². The first-order valence-electron chi connectivity index (χ1n) is 10.0. The number of nitrogens with one attached hydrogen (secondary N) is 2. The molecular formula is C24H22N4O2. The lowest BCUT2D eigenvalue weighted by molar-refractivity contribution is -0.110. The summed E-state index contributed by atoms with van der Waals surface area (Å²) < 4.78 is 5.38. The van der Waals surface area contributed by atoms with Crippen LogP contribution in [0, 0.1) is 0 Å². The fraction of sp³-hybridized carbons (Fsp3) is 0.167. The van der Waals surface area contributed by atoms with Crippen molar-refractivity contribution in [2.24, 2.45) is 0 Å². The van der Waals surface area contributed by atoms with Crippen LogP contribution in [-0.4, -0.2) is 37.2 Å². The lowest BCUT2D eigenvalue weighted by Gasteiger charge is -2.27. The molecule has 3 aromatic rings. The normalized spacial score (nSPS) is 17.0. The summed E-state index contributed by atoms with van der Waals surface area (Å²) in [5.74, 6) is 0.828. The number of nitrogens with zero attached hydrogens (tertiary/aromatic N) is 2. The SMILES string of the molecule is O=C1Nc2cc(-c3ccccc3)ccc2C1=CNc1ccc(N2CCOCC2)nc1. The van der Waals surface area contributed by atoms with Gasteiger partial charge in [-0.15, -0.1) is 0 Å². The minimum atomic E-state index is -0.111. The van der Waals surface area contributed by atoms with E-state index < -0.39 is 0 Å². The number of carbonyl (C=O) groups excluding carboxylic acids is 1. The van der Waals surface area contributed by atoms with Gasteiger partial charge in [-0.1, -0.05) is 42.5 Å². The van der Waals surface area contributed by atoms with Crippen molar-refractivity contribution in [1.29, 1.82) is 0 Å². The molecule has 0 radical (unpaired) electrons. The molecule has 1 amide bonds. The second kappa shape index (κ2) is 8.00. The second-order valence-electron chi connectivity index (χ2n) is 7.29. The maximum Gasteiger partial charge on any atom is 0.257 e. The van der Waals surface area contributed by atoms with Crippen LogP contribution >= 0.6 is 0 Å². The Hall–Kier alpha value is -3.64. The Morgan fingerprint density at radius 1 is 1.00 bits per heavy atom. The number of carbonyl (C=O) groups is 1. The van der Waals surface area contributed by atoms with Crippen molar-refractivity contribution in [2.45, 2.75) is 0 Å². The third kappa shape index (κ3) is 3.65. The van der Waals surface area contributed by atoms with E-state index in [-0.39, 0.29) is 5.91 Å². The summed E-state index contributed by atoms with van der Waals surface area (Å²) in [5, 5.41) is 6.17. The van der Waals surface area contributed by atoms with Gasteiger partial charge in [-0.05, 0) is 29.3 Å². The number of hydrogen-bond acceptors (Lipinski definition) is 5. The number of amides is 1. The molecule has 3 heterocycles. The first-order valence-corrected chi connectivity index (χ1v) is 10.0. The zero-order chi connectivity index (χ0) is 20.3. The molecule has 0 aliphatic carbocycles. The largest absolute Gasteiger partial charge is 0.378 e. The van der Waals surface area contributed by atoms with Crippen molar-refractivity contribution in [3.63, 3.8) is 0 Å². The number of hydrogen-bond donors (Lipinski definition) is 2. The van der Waals surface area contributed by atoms with E-state index in [0.717, 1.165) is 60.2 Å². The topological polar surface area (TPSA) is 66.5 Å². The van der Waals surface area contributed by atoms with Crippen molar-refractivity contribution in [2.75, 3.05) is 41.8 Å². The number of anilines is 3. The van der Waals surface area contributed by atoms with Gasteiger partial charge in [0.25, 0.3) is 5.91 Å². The van der Waals surface area contributed by atoms with Crippen LogP contribution in [0.3, 0.4) is 0 Å². The van der Waals surface area contributed by atoms with Crippen LogP contribution in [0.15, 0.2) is 73.1 Å². The van der Waals surface area contributed by atoms with Crippen molar-refractivity contribution in [1.82, 2.24) is 4.98 Å². The molecular weight excluding hydrogens is 376 g/mol. The molecule has 0 bridgehead atoms. The van der Waals surface area contributed by atoms with Gasteiger partial charge in [-0.3, -0.25) is 4.79 Å². The van der Waals surface area contributed by atoms with E-state index in [4.69, 9.17) is 4.74 Å². The fourth-order valence-electron chi connectivity index (χ4n) is 3.75. The van der Waals surface area contributed by atoms with E-state index in [1.54, 1.807) is 12.4 Å². The molecule has 2 aromatic carbocycles. The Morgan fingerprint density at radius 2 is 1.83 bits per heavy atom. The van der Waals surface area contributed by atoms with Gasteiger partial charge in [0.1, 0.15) is 5.82 Å². The highest BCUT2D eigenvalue weighted by Crippen LogP contribution is 2.35. The minimum absolute atomic E-state index is 0.111. The Balaban J connectivity index is 1.33. The summed E-state index contributed by atoms with van der Waals surface area (Å²) in [4.78, 5) is 19.2. The molecule has 0 saturated carbocycles. The Bertz CT molecular complexity index is 1090. The quantitative estimate of drug-likeness (QED) is 0.651. The van der Waals surface area contributed by atoms with E-state index in [9.17, 15) is 4.79 Å². The average molecular weight is 398 g/mol. The molecule has 6 nitrogen and oxygen atoms in total. The summed E-state index contributed by atoms with van der Waals surface area (Å²) in [5.41, 5.74) is 5.37. The van der Waals surface area contributed by atoms with E-state index in [2.05, 4.69) is 32.7 Å². The summed E-state index contributed by atoms with van der Waals surface area (Å²) in [6.45, 7) is 3.17. The van der Waals surface area contributed by atoms with Crippen molar-refractivity contribution < 1.29 is 9.53 Å². The van der Waals surface area contributed by atoms with Gasteiger partial charge < -0.3 is 20.3 Å². The highest BCUT2D eigenvalue weighted by Gasteiger charge is 2.24. The van der Waals surface area contributed by atoms with Gasteiger partial charge in [0.05, 0.1) is 30.7 Å². The summed E-state index contributed by atoms with van der Waals surface area (Å²) in [7, 11) is 0. The smallest absolute Gasteiger partial charge is 0.257 e. The van der Waals surface area contributed by atoms with E-state index in [1.807, 2.05) is 48.5 Å². The van der Waals surface area contributed by atoms with Crippen LogP contribution < -0.4 is 15.5 Å². The molecule has 0 atom stereocenters. The van der Waals surface area contributed by atoms with Gasteiger partial charge in [0.2, 0.25) is 0 Å². The van der Waals surface area contributed by atoms with Crippen molar-refractivity contribution in [3.05, 3.63) is 78.6 Å². The zero-order valence-electron chi connectivity index (χ0n) is 16.5. The molecule has 1 saturated heterocycles. The Labute approximate surface area is 175 Å². The van der Waals surface area contributed by atoms with Gasteiger partial charge in [-0.2, -0.15) is 0 Å². The molecule has 6 heteroatoms. The summed E-state index contributed by atoms with van der Waals surface area (Å²) >= 11 is 0. The minimum Gasteiger partial charge on any atom is -0.378 e. The molecule has 1 fully saturated rings. The monoisotopic (exact) mass is 398 g/mol. The number of benzene rings is 2. The number of rotatable bonds is 4. The molecule has 5 rings (SSSR count). The molecule has 30 heavy (non-hydrogen) atoms. The van der Waals surface area contributed by atoms with Crippen LogP contribution in [0.2, 0.25) is 0 Å².